The summed E-state index contributed by atoms with van der Waals surface area (Å²) in [5.74, 6) is 0. The Hall–Kier alpha value is -2.62. The minimum atomic E-state index is 0.584. The quantitative estimate of drug-likeness (QED) is 0.529. The number of hydrogen-bond acceptors (Lipinski definition) is 4. The number of nitrogens with zero attached hydrogens (tertiary/aromatic N) is 2. The summed E-state index contributed by atoms with van der Waals surface area (Å²) in [5.41, 5.74) is 8.80. The van der Waals surface area contributed by atoms with Crippen LogP contribution in [0.5, 0.6) is 0 Å². The monoisotopic (exact) mass is 237 g/mol. The van der Waals surface area contributed by atoms with Crippen LogP contribution in [0.3, 0.4) is 0 Å². The second kappa shape index (κ2) is 4.33. The van der Waals surface area contributed by atoms with E-state index in [4.69, 9.17) is 10.2 Å². The van der Waals surface area contributed by atoms with Crippen molar-refractivity contribution in [1.29, 1.82) is 0 Å². The summed E-state index contributed by atoms with van der Waals surface area (Å²) in [7, 11) is 0. The largest absolute Gasteiger partial charge is 0.464 e. The molecule has 0 amide bonds. The first-order chi connectivity index (χ1) is 8.84. The smallest absolute Gasteiger partial charge is 0.136 e. The van der Waals surface area contributed by atoms with Crippen LogP contribution in [0.25, 0.3) is 11.0 Å². The highest BCUT2D eigenvalue weighted by Gasteiger charge is 2.05. The van der Waals surface area contributed by atoms with Gasteiger partial charge in [0.15, 0.2) is 0 Å². The summed E-state index contributed by atoms with van der Waals surface area (Å²) in [6.45, 7) is 0. The molecule has 2 aromatic carbocycles. The molecule has 1 heterocycles. The molecule has 0 aliphatic rings. The number of nitrogens with two attached hydrogens (primary N) is 1. The average Bonchev–Trinajstić information content (AvgIpc) is 2.88. The maximum absolute atomic E-state index is 6.01. The van der Waals surface area contributed by atoms with E-state index in [1.54, 1.807) is 12.3 Å². The van der Waals surface area contributed by atoms with Gasteiger partial charge in [-0.1, -0.05) is 18.2 Å². The predicted molar refractivity (Wildman–Crippen MR) is 71.2 cm³/mol. The van der Waals surface area contributed by atoms with E-state index in [-0.39, 0.29) is 0 Å². The molecule has 0 fully saturated rings. The third-order valence-electron chi connectivity index (χ3n) is 2.68. The first-order valence-electron chi connectivity index (χ1n) is 5.57. The van der Waals surface area contributed by atoms with Gasteiger partial charge in [-0.2, -0.15) is 5.11 Å². The van der Waals surface area contributed by atoms with Crippen LogP contribution in [0.4, 0.5) is 17.1 Å². The van der Waals surface area contributed by atoms with Gasteiger partial charge in [0.05, 0.1) is 17.6 Å². The molecule has 0 atom stereocenters. The third-order valence-corrected chi connectivity index (χ3v) is 2.68. The number of fused-ring (bicyclic) bond motifs is 1. The molecule has 0 saturated heterocycles. The Bertz CT molecular complexity index is 701. The highest BCUT2D eigenvalue weighted by atomic mass is 16.3. The number of rotatable bonds is 2. The van der Waals surface area contributed by atoms with Gasteiger partial charge in [0.1, 0.15) is 11.3 Å². The maximum atomic E-state index is 6.01. The zero-order chi connectivity index (χ0) is 12.4. The van der Waals surface area contributed by atoms with Crippen LogP contribution >= 0.6 is 0 Å². The van der Waals surface area contributed by atoms with Crippen molar-refractivity contribution in [2.45, 2.75) is 0 Å². The molecule has 4 heteroatoms. The lowest BCUT2D eigenvalue weighted by Gasteiger charge is -1.99. The van der Waals surface area contributed by atoms with Crippen LogP contribution in [-0.4, -0.2) is 0 Å². The second-order valence-corrected chi connectivity index (χ2v) is 3.87. The Kier molecular flexibility index (Phi) is 2.53. The van der Waals surface area contributed by atoms with Crippen molar-refractivity contribution in [3.8, 4) is 0 Å². The molecular weight excluding hydrogens is 226 g/mol. The van der Waals surface area contributed by atoms with Crippen LogP contribution in [-0.2, 0) is 0 Å². The molecule has 3 aromatic rings. The zero-order valence-corrected chi connectivity index (χ0v) is 9.58. The molecule has 0 spiro atoms. The fraction of sp³-hybridized carbons (Fsp3) is 0. The Morgan fingerprint density at radius 2 is 1.72 bits per heavy atom. The van der Waals surface area contributed by atoms with E-state index in [0.717, 1.165) is 16.7 Å². The first-order valence-corrected chi connectivity index (χ1v) is 5.57. The molecule has 1 aromatic heterocycles. The van der Waals surface area contributed by atoms with E-state index >= 15 is 0 Å². The molecular formula is C14H11N3O. The lowest BCUT2D eigenvalue weighted by Crippen LogP contribution is -1.85. The van der Waals surface area contributed by atoms with Crippen LogP contribution in [0.2, 0.25) is 0 Å². The van der Waals surface area contributed by atoms with Gasteiger partial charge in [0, 0.05) is 5.39 Å². The third kappa shape index (κ3) is 1.84. The van der Waals surface area contributed by atoms with E-state index < -0.39 is 0 Å². The van der Waals surface area contributed by atoms with E-state index in [2.05, 4.69) is 10.2 Å². The minimum absolute atomic E-state index is 0.584. The van der Waals surface area contributed by atoms with Crippen molar-refractivity contribution < 1.29 is 4.42 Å². The molecule has 88 valence electrons. The molecule has 3 rings (SSSR count). The molecule has 0 radical (unpaired) electrons. The molecule has 0 saturated carbocycles. The number of nitrogen functional groups attached to an aromatic ring is 1. The van der Waals surface area contributed by atoms with Gasteiger partial charge >= 0.3 is 0 Å². The number of furan rings is 1. The summed E-state index contributed by atoms with van der Waals surface area (Å²) < 4.78 is 5.26. The van der Waals surface area contributed by atoms with Crippen molar-refractivity contribution in [2.75, 3.05) is 5.73 Å². The second-order valence-electron chi connectivity index (χ2n) is 3.87. The summed E-state index contributed by atoms with van der Waals surface area (Å²) in [6, 6.07) is 15.0. The van der Waals surface area contributed by atoms with Gasteiger partial charge in [-0.25, -0.2) is 0 Å². The summed E-state index contributed by atoms with van der Waals surface area (Å²) >= 11 is 0. The molecule has 2 N–H and O–H groups in total. The highest BCUT2D eigenvalue weighted by Crippen LogP contribution is 2.32. The van der Waals surface area contributed by atoms with Crippen molar-refractivity contribution in [2.24, 2.45) is 10.2 Å². The van der Waals surface area contributed by atoms with Gasteiger partial charge in [-0.3, -0.25) is 0 Å². The van der Waals surface area contributed by atoms with E-state index in [1.165, 1.54) is 0 Å². The molecule has 0 aliphatic carbocycles. The van der Waals surface area contributed by atoms with E-state index in [1.807, 2.05) is 42.5 Å². The van der Waals surface area contributed by atoms with Gasteiger partial charge in [-0.05, 0) is 30.3 Å². The average molecular weight is 237 g/mol. The maximum Gasteiger partial charge on any atom is 0.136 e. The fourth-order valence-corrected chi connectivity index (χ4v) is 1.75. The van der Waals surface area contributed by atoms with Crippen molar-refractivity contribution in [1.82, 2.24) is 0 Å². The molecule has 0 bridgehead atoms. The van der Waals surface area contributed by atoms with Crippen molar-refractivity contribution in [3.63, 3.8) is 0 Å². The van der Waals surface area contributed by atoms with E-state index in [0.29, 0.717) is 11.4 Å². The topological polar surface area (TPSA) is 63.9 Å². The van der Waals surface area contributed by atoms with Crippen LogP contribution in [0.1, 0.15) is 0 Å². The molecule has 0 unspecified atom stereocenters. The van der Waals surface area contributed by atoms with Crippen LogP contribution in [0.15, 0.2) is 69.4 Å². The number of azo groups is 1. The zero-order valence-electron chi connectivity index (χ0n) is 9.58. The van der Waals surface area contributed by atoms with Crippen LogP contribution in [0, 0.1) is 0 Å². The van der Waals surface area contributed by atoms with Gasteiger partial charge in [0.25, 0.3) is 0 Å². The predicted octanol–water partition coefficient (Wildman–Crippen LogP) is 4.43. The first kappa shape index (κ1) is 10.5. The highest BCUT2D eigenvalue weighted by molar-refractivity contribution is 5.95. The van der Waals surface area contributed by atoms with Crippen molar-refractivity contribution >= 4 is 28.0 Å². The summed E-state index contributed by atoms with van der Waals surface area (Å²) in [6.07, 6.45) is 1.61. The lowest BCUT2D eigenvalue weighted by atomic mass is 10.2. The van der Waals surface area contributed by atoms with Gasteiger partial charge < -0.3 is 10.2 Å². The Morgan fingerprint density at radius 1 is 0.889 bits per heavy atom. The summed E-state index contributed by atoms with van der Waals surface area (Å²) in [5, 5.41) is 9.17. The van der Waals surface area contributed by atoms with Crippen molar-refractivity contribution in [3.05, 3.63) is 54.8 Å². The number of hydrogen-bond donors (Lipinski definition) is 1. The SMILES string of the molecule is Nc1c(N=Nc2ccccc2)ccc2occc12. The fourth-order valence-electron chi connectivity index (χ4n) is 1.75. The van der Waals surface area contributed by atoms with Gasteiger partial charge in [0.2, 0.25) is 0 Å². The molecule has 18 heavy (non-hydrogen) atoms. The lowest BCUT2D eigenvalue weighted by molar-refractivity contribution is 0.616. The standard InChI is InChI=1S/C14H11N3O/c15-14-11-8-9-18-13(11)7-6-12(14)17-16-10-4-2-1-3-5-10/h1-9H,15H2. The molecule has 0 aliphatic heterocycles. The summed E-state index contributed by atoms with van der Waals surface area (Å²) in [4.78, 5) is 0. The number of anilines is 1. The van der Waals surface area contributed by atoms with Crippen LogP contribution < -0.4 is 5.73 Å². The Morgan fingerprint density at radius 3 is 2.56 bits per heavy atom. The number of benzene rings is 2. The minimum Gasteiger partial charge on any atom is -0.464 e. The normalized spacial score (nSPS) is 11.3. The Labute approximate surface area is 104 Å². The Balaban J connectivity index is 2.00. The van der Waals surface area contributed by atoms with E-state index in [9.17, 15) is 0 Å². The molecule has 4 nitrogen and oxygen atoms in total. The van der Waals surface area contributed by atoms with Gasteiger partial charge in [-0.15, -0.1) is 5.11 Å².